The standard InChI is InChI=1S/C12H17ClN2O2/c1-2-9(16)7-14-8-12(17)15-11-6-4-3-5-10(11)13/h3-6,9,14,16H,2,7-8H2,1H3,(H,15,17). The van der Waals surface area contributed by atoms with Crippen molar-refractivity contribution in [2.75, 3.05) is 18.4 Å². The fraction of sp³-hybridized carbons (Fsp3) is 0.417. The SMILES string of the molecule is CCC(O)CNCC(=O)Nc1ccccc1Cl. The van der Waals surface area contributed by atoms with Gasteiger partial charge in [0.2, 0.25) is 5.91 Å². The first kappa shape index (κ1) is 14.0. The summed E-state index contributed by atoms with van der Waals surface area (Å²) in [5.74, 6) is -0.179. The number of para-hydroxylation sites is 1. The predicted molar refractivity (Wildman–Crippen MR) is 69.2 cm³/mol. The fourth-order valence-electron chi connectivity index (χ4n) is 1.25. The highest BCUT2D eigenvalue weighted by Gasteiger charge is 2.06. The van der Waals surface area contributed by atoms with Crippen LogP contribution in [0.5, 0.6) is 0 Å². The van der Waals surface area contributed by atoms with Gasteiger partial charge in [-0.15, -0.1) is 0 Å². The zero-order valence-electron chi connectivity index (χ0n) is 9.74. The Bertz CT molecular complexity index is 371. The molecule has 94 valence electrons. The third-order valence-electron chi connectivity index (χ3n) is 2.28. The Balaban J connectivity index is 2.33. The lowest BCUT2D eigenvalue weighted by Gasteiger charge is -2.10. The van der Waals surface area contributed by atoms with E-state index in [1.807, 2.05) is 6.92 Å². The van der Waals surface area contributed by atoms with Gasteiger partial charge in [0.25, 0.3) is 0 Å². The van der Waals surface area contributed by atoms with E-state index in [1.54, 1.807) is 24.3 Å². The van der Waals surface area contributed by atoms with Gasteiger partial charge < -0.3 is 15.7 Å². The number of carbonyl (C=O) groups is 1. The zero-order valence-corrected chi connectivity index (χ0v) is 10.5. The smallest absolute Gasteiger partial charge is 0.238 e. The molecule has 1 atom stereocenters. The van der Waals surface area contributed by atoms with Crippen LogP contribution in [0, 0.1) is 0 Å². The number of hydrogen-bond acceptors (Lipinski definition) is 3. The van der Waals surface area contributed by atoms with E-state index in [9.17, 15) is 9.90 Å². The molecule has 0 spiro atoms. The normalized spacial score (nSPS) is 12.2. The Morgan fingerprint density at radius 3 is 2.82 bits per heavy atom. The molecule has 0 heterocycles. The molecule has 0 fully saturated rings. The minimum atomic E-state index is -0.414. The number of nitrogens with one attached hydrogen (secondary N) is 2. The summed E-state index contributed by atoms with van der Waals surface area (Å²) in [6.45, 7) is 2.45. The molecule has 0 saturated carbocycles. The molecule has 1 aromatic carbocycles. The number of hydrogen-bond donors (Lipinski definition) is 3. The number of aliphatic hydroxyl groups is 1. The van der Waals surface area contributed by atoms with E-state index in [4.69, 9.17) is 11.6 Å². The highest BCUT2D eigenvalue weighted by Crippen LogP contribution is 2.19. The molecule has 1 amide bonds. The van der Waals surface area contributed by atoms with Crippen LogP contribution in [0.15, 0.2) is 24.3 Å². The molecule has 0 aliphatic carbocycles. The van der Waals surface area contributed by atoms with Crippen LogP contribution in [-0.4, -0.2) is 30.2 Å². The number of rotatable bonds is 6. The predicted octanol–water partition coefficient (Wildman–Crippen LogP) is 1.64. The van der Waals surface area contributed by atoms with Crippen LogP contribution >= 0.6 is 11.6 Å². The quantitative estimate of drug-likeness (QED) is 0.725. The van der Waals surface area contributed by atoms with Crippen molar-refractivity contribution in [3.63, 3.8) is 0 Å². The van der Waals surface area contributed by atoms with Gasteiger partial charge in [0.05, 0.1) is 23.4 Å². The van der Waals surface area contributed by atoms with Gasteiger partial charge >= 0.3 is 0 Å². The molecule has 1 unspecified atom stereocenters. The van der Waals surface area contributed by atoms with Crippen molar-refractivity contribution in [2.45, 2.75) is 19.4 Å². The molecule has 5 heteroatoms. The fourth-order valence-corrected chi connectivity index (χ4v) is 1.44. The van der Waals surface area contributed by atoms with E-state index in [0.29, 0.717) is 23.7 Å². The number of benzene rings is 1. The minimum Gasteiger partial charge on any atom is -0.392 e. The maximum absolute atomic E-state index is 11.5. The second-order valence-electron chi connectivity index (χ2n) is 3.72. The van der Waals surface area contributed by atoms with Crippen LogP contribution in [-0.2, 0) is 4.79 Å². The number of aliphatic hydroxyl groups excluding tert-OH is 1. The van der Waals surface area contributed by atoms with Crippen LogP contribution in [0.2, 0.25) is 5.02 Å². The first-order valence-corrected chi connectivity index (χ1v) is 5.94. The van der Waals surface area contributed by atoms with Gasteiger partial charge in [-0.2, -0.15) is 0 Å². The van der Waals surface area contributed by atoms with Crippen molar-refractivity contribution in [1.82, 2.24) is 5.32 Å². The first-order chi connectivity index (χ1) is 8.13. The summed E-state index contributed by atoms with van der Waals surface area (Å²) < 4.78 is 0. The number of anilines is 1. The summed E-state index contributed by atoms with van der Waals surface area (Å²) in [5, 5.41) is 15.4. The van der Waals surface area contributed by atoms with Crippen LogP contribution < -0.4 is 10.6 Å². The maximum Gasteiger partial charge on any atom is 0.238 e. The molecule has 4 nitrogen and oxygen atoms in total. The average molecular weight is 257 g/mol. The van der Waals surface area contributed by atoms with Crippen molar-refractivity contribution in [2.24, 2.45) is 0 Å². The summed E-state index contributed by atoms with van der Waals surface area (Å²) in [4.78, 5) is 11.5. The highest BCUT2D eigenvalue weighted by atomic mass is 35.5. The molecule has 0 saturated heterocycles. The van der Waals surface area contributed by atoms with Crippen molar-refractivity contribution >= 4 is 23.2 Å². The Kier molecular flexibility index (Phi) is 5.97. The summed E-state index contributed by atoms with van der Waals surface area (Å²) in [6.07, 6.45) is 0.252. The van der Waals surface area contributed by atoms with Crippen molar-refractivity contribution in [3.8, 4) is 0 Å². The van der Waals surface area contributed by atoms with E-state index < -0.39 is 6.10 Å². The van der Waals surface area contributed by atoms with Gasteiger partial charge in [0, 0.05) is 6.54 Å². The van der Waals surface area contributed by atoms with Crippen LogP contribution in [0.4, 0.5) is 5.69 Å². The molecule has 0 bridgehead atoms. The first-order valence-electron chi connectivity index (χ1n) is 5.56. The number of carbonyl (C=O) groups excluding carboxylic acids is 1. The van der Waals surface area contributed by atoms with Crippen LogP contribution in [0.3, 0.4) is 0 Å². The molecular weight excluding hydrogens is 240 g/mol. The van der Waals surface area contributed by atoms with Gasteiger partial charge in [-0.3, -0.25) is 4.79 Å². The van der Waals surface area contributed by atoms with E-state index in [0.717, 1.165) is 0 Å². The van der Waals surface area contributed by atoms with E-state index >= 15 is 0 Å². The Hall–Kier alpha value is -1.10. The molecule has 0 aliphatic heterocycles. The summed E-state index contributed by atoms with van der Waals surface area (Å²) in [6, 6.07) is 7.05. The second kappa shape index (κ2) is 7.27. The van der Waals surface area contributed by atoms with Crippen molar-refractivity contribution in [3.05, 3.63) is 29.3 Å². The molecule has 0 aliphatic rings. The van der Waals surface area contributed by atoms with E-state index in [2.05, 4.69) is 10.6 Å². The molecule has 1 aromatic rings. The number of halogens is 1. The van der Waals surface area contributed by atoms with Gasteiger partial charge in [0.15, 0.2) is 0 Å². The topological polar surface area (TPSA) is 61.4 Å². The third-order valence-corrected chi connectivity index (χ3v) is 2.61. The van der Waals surface area contributed by atoms with Gasteiger partial charge in [-0.1, -0.05) is 30.7 Å². The van der Waals surface area contributed by atoms with Gasteiger partial charge in [-0.05, 0) is 18.6 Å². The molecule has 3 N–H and O–H groups in total. The van der Waals surface area contributed by atoms with E-state index in [1.165, 1.54) is 0 Å². The highest BCUT2D eigenvalue weighted by molar-refractivity contribution is 6.33. The van der Waals surface area contributed by atoms with Gasteiger partial charge in [0.1, 0.15) is 0 Å². The Morgan fingerprint density at radius 2 is 2.18 bits per heavy atom. The zero-order chi connectivity index (χ0) is 12.7. The van der Waals surface area contributed by atoms with Crippen LogP contribution in [0.1, 0.15) is 13.3 Å². The molecule has 1 rings (SSSR count). The van der Waals surface area contributed by atoms with Crippen molar-refractivity contribution in [1.29, 1.82) is 0 Å². The average Bonchev–Trinajstić information content (AvgIpc) is 2.32. The Morgan fingerprint density at radius 1 is 1.47 bits per heavy atom. The van der Waals surface area contributed by atoms with Crippen LogP contribution in [0.25, 0.3) is 0 Å². The third kappa shape index (κ3) is 5.17. The lowest BCUT2D eigenvalue weighted by Crippen LogP contribution is -2.33. The van der Waals surface area contributed by atoms with E-state index in [-0.39, 0.29) is 12.5 Å². The molecule has 17 heavy (non-hydrogen) atoms. The summed E-state index contributed by atoms with van der Waals surface area (Å²) in [7, 11) is 0. The number of amides is 1. The lowest BCUT2D eigenvalue weighted by molar-refractivity contribution is -0.115. The minimum absolute atomic E-state index is 0.155. The maximum atomic E-state index is 11.5. The second-order valence-corrected chi connectivity index (χ2v) is 4.13. The molecule has 0 radical (unpaired) electrons. The monoisotopic (exact) mass is 256 g/mol. The summed E-state index contributed by atoms with van der Waals surface area (Å²) in [5.41, 5.74) is 0.594. The largest absolute Gasteiger partial charge is 0.392 e. The summed E-state index contributed by atoms with van der Waals surface area (Å²) >= 11 is 5.90. The molecular formula is C12H17ClN2O2. The molecule has 0 aromatic heterocycles. The lowest BCUT2D eigenvalue weighted by atomic mass is 10.3. The van der Waals surface area contributed by atoms with Gasteiger partial charge in [-0.25, -0.2) is 0 Å². The Labute approximate surface area is 106 Å². The van der Waals surface area contributed by atoms with Crippen molar-refractivity contribution < 1.29 is 9.90 Å².